The molecular weight excluding hydrogens is 406 g/mol. The Labute approximate surface area is 189 Å². The first-order chi connectivity index (χ1) is 15.5. The molecule has 9 heteroatoms. The van der Waals surface area contributed by atoms with Crippen molar-refractivity contribution in [3.63, 3.8) is 0 Å². The second-order valence-electron chi connectivity index (χ2n) is 7.78. The Morgan fingerprint density at radius 1 is 1.09 bits per heavy atom. The van der Waals surface area contributed by atoms with Gasteiger partial charge in [0.15, 0.2) is 11.8 Å². The van der Waals surface area contributed by atoms with Crippen molar-refractivity contribution in [3.05, 3.63) is 35.5 Å². The molecular formula is C23H35N7O2. The Bertz CT molecular complexity index is 1040. The van der Waals surface area contributed by atoms with E-state index in [9.17, 15) is 0 Å². The van der Waals surface area contributed by atoms with Gasteiger partial charge in [-0.1, -0.05) is 13.3 Å². The number of unbranched alkanes of at least 4 members (excludes halogenated alkanes) is 1. The van der Waals surface area contributed by atoms with Crippen LogP contribution in [0.4, 0.5) is 0 Å². The van der Waals surface area contributed by atoms with Gasteiger partial charge < -0.3 is 29.7 Å². The van der Waals surface area contributed by atoms with Crippen LogP contribution in [-0.4, -0.2) is 53.0 Å². The van der Waals surface area contributed by atoms with Gasteiger partial charge in [-0.2, -0.15) is 0 Å². The highest BCUT2D eigenvalue weighted by Crippen LogP contribution is 2.31. The first-order valence-electron chi connectivity index (χ1n) is 11.2. The third-order valence-electron chi connectivity index (χ3n) is 5.48. The van der Waals surface area contributed by atoms with E-state index in [1.54, 1.807) is 14.2 Å². The van der Waals surface area contributed by atoms with Crippen LogP contribution in [0.1, 0.15) is 43.5 Å². The van der Waals surface area contributed by atoms with E-state index in [0.29, 0.717) is 6.54 Å². The van der Waals surface area contributed by atoms with Crippen molar-refractivity contribution in [2.24, 2.45) is 12.0 Å². The maximum absolute atomic E-state index is 5.51. The minimum atomic E-state index is 0.489. The highest BCUT2D eigenvalue weighted by molar-refractivity contribution is 5.88. The lowest BCUT2D eigenvalue weighted by Crippen LogP contribution is -2.38. The third kappa shape index (κ3) is 5.93. The number of benzene rings is 1. The number of aliphatic imine (C=N–C) groups is 1. The number of aromatic amines is 1. The zero-order chi connectivity index (χ0) is 22.9. The number of hydrogen-bond acceptors (Lipinski definition) is 5. The summed E-state index contributed by atoms with van der Waals surface area (Å²) in [4.78, 5) is 8.17. The lowest BCUT2D eigenvalue weighted by atomic mass is 10.2. The number of rotatable bonds is 11. The molecule has 2 heterocycles. The third-order valence-corrected chi connectivity index (χ3v) is 5.48. The van der Waals surface area contributed by atoms with E-state index in [0.717, 1.165) is 78.8 Å². The monoisotopic (exact) mass is 441 g/mol. The smallest absolute Gasteiger partial charge is 0.191 e. The molecule has 3 rings (SSSR count). The van der Waals surface area contributed by atoms with Gasteiger partial charge in [-0.05, 0) is 32.3 Å². The summed E-state index contributed by atoms with van der Waals surface area (Å²) in [6, 6.07) is 6.06. The molecule has 0 unspecified atom stereocenters. The van der Waals surface area contributed by atoms with Crippen molar-refractivity contribution in [1.82, 2.24) is 30.4 Å². The van der Waals surface area contributed by atoms with Gasteiger partial charge in [0.05, 0.1) is 19.7 Å². The first kappa shape index (κ1) is 23.4. The molecule has 32 heavy (non-hydrogen) atoms. The summed E-state index contributed by atoms with van der Waals surface area (Å²) in [5, 5.41) is 16.2. The van der Waals surface area contributed by atoms with Gasteiger partial charge in [0.2, 0.25) is 0 Å². The van der Waals surface area contributed by atoms with Crippen LogP contribution in [0.5, 0.6) is 11.5 Å². The minimum Gasteiger partial charge on any atom is -0.497 e. The second-order valence-corrected chi connectivity index (χ2v) is 7.78. The molecule has 0 amide bonds. The molecule has 0 bridgehead atoms. The highest BCUT2D eigenvalue weighted by Gasteiger charge is 2.09. The van der Waals surface area contributed by atoms with Gasteiger partial charge in [-0.3, -0.25) is 0 Å². The summed E-state index contributed by atoms with van der Waals surface area (Å²) in [5.41, 5.74) is 2.19. The van der Waals surface area contributed by atoms with Crippen LogP contribution in [0.25, 0.3) is 10.9 Å². The van der Waals surface area contributed by atoms with Crippen molar-refractivity contribution in [1.29, 1.82) is 0 Å². The molecule has 2 aromatic heterocycles. The summed E-state index contributed by atoms with van der Waals surface area (Å²) >= 11 is 0. The van der Waals surface area contributed by atoms with Crippen LogP contribution in [0, 0.1) is 6.92 Å². The number of ether oxygens (including phenoxy) is 2. The van der Waals surface area contributed by atoms with Gasteiger partial charge in [0.25, 0.3) is 0 Å². The van der Waals surface area contributed by atoms with Crippen molar-refractivity contribution < 1.29 is 9.47 Å². The Kier molecular flexibility index (Phi) is 8.35. The molecule has 0 aliphatic rings. The topological polar surface area (TPSA) is 101 Å². The van der Waals surface area contributed by atoms with E-state index in [1.807, 2.05) is 30.7 Å². The van der Waals surface area contributed by atoms with E-state index >= 15 is 0 Å². The molecule has 3 N–H and O–H groups in total. The molecule has 0 saturated carbocycles. The largest absolute Gasteiger partial charge is 0.497 e. The fourth-order valence-electron chi connectivity index (χ4n) is 3.44. The number of methoxy groups -OCH3 is 2. The van der Waals surface area contributed by atoms with Gasteiger partial charge >= 0.3 is 0 Å². The second kappa shape index (κ2) is 11.4. The normalized spacial score (nSPS) is 11.7. The number of nitrogens with zero attached hydrogens (tertiary/aromatic N) is 4. The van der Waals surface area contributed by atoms with E-state index in [-0.39, 0.29) is 0 Å². The summed E-state index contributed by atoms with van der Waals surface area (Å²) in [6.45, 7) is 6.31. The van der Waals surface area contributed by atoms with E-state index in [2.05, 4.69) is 38.8 Å². The first-order valence-corrected chi connectivity index (χ1v) is 11.2. The molecule has 174 valence electrons. The fraction of sp³-hybridized carbons (Fsp3) is 0.522. The minimum absolute atomic E-state index is 0.489. The van der Waals surface area contributed by atoms with Crippen molar-refractivity contribution in [2.75, 3.05) is 27.3 Å². The predicted molar refractivity (Wildman–Crippen MR) is 128 cm³/mol. The summed E-state index contributed by atoms with van der Waals surface area (Å²) in [6.07, 6.45) is 4.11. The van der Waals surface area contributed by atoms with Crippen LogP contribution in [0.3, 0.4) is 0 Å². The lowest BCUT2D eigenvalue weighted by molar-refractivity contribution is 0.398. The van der Waals surface area contributed by atoms with Crippen LogP contribution in [-0.2, 0) is 20.0 Å². The molecule has 0 spiro atoms. The van der Waals surface area contributed by atoms with Crippen LogP contribution in [0.2, 0.25) is 0 Å². The number of hydrogen-bond donors (Lipinski definition) is 3. The molecule has 1 aromatic carbocycles. The summed E-state index contributed by atoms with van der Waals surface area (Å²) in [7, 11) is 5.30. The van der Waals surface area contributed by atoms with Gasteiger partial charge in [-0.25, -0.2) is 4.99 Å². The maximum atomic E-state index is 5.51. The average Bonchev–Trinajstić information content (AvgIpc) is 3.36. The lowest BCUT2D eigenvalue weighted by Gasteiger charge is -2.12. The number of aromatic nitrogens is 4. The molecule has 0 fully saturated rings. The molecule has 0 aliphatic carbocycles. The van der Waals surface area contributed by atoms with Crippen LogP contribution >= 0.6 is 0 Å². The number of nitrogens with one attached hydrogen (secondary N) is 3. The number of aryl methyl sites for hydroxylation is 2. The molecule has 9 nitrogen and oxygen atoms in total. The van der Waals surface area contributed by atoms with Crippen LogP contribution < -0.4 is 20.1 Å². The molecule has 0 aliphatic heterocycles. The summed E-state index contributed by atoms with van der Waals surface area (Å²) in [5.74, 6) is 4.13. The molecule has 0 saturated heterocycles. The van der Waals surface area contributed by atoms with Crippen molar-refractivity contribution in [3.8, 4) is 11.5 Å². The highest BCUT2D eigenvalue weighted by atomic mass is 16.5. The Morgan fingerprint density at radius 3 is 2.53 bits per heavy atom. The predicted octanol–water partition coefficient (Wildman–Crippen LogP) is 3.09. The van der Waals surface area contributed by atoms with Crippen molar-refractivity contribution >= 4 is 16.9 Å². The van der Waals surface area contributed by atoms with Crippen molar-refractivity contribution in [2.45, 2.75) is 46.1 Å². The van der Waals surface area contributed by atoms with Crippen LogP contribution in [0.15, 0.2) is 23.2 Å². The Morgan fingerprint density at radius 2 is 1.88 bits per heavy atom. The standard InChI is InChI=1S/C23H35N7O2/c1-6-7-10-24-23(26-15-22-29-28-16(2)30(22)3)25-11-8-9-17-12-19-20(27-17)13-18(31-4)14-21(19)32-5/h12-14,27H,6-11,15H2,1-5H3,(H2,24,25,26). The van der Waals surface area contributed by atoms with E-state index in [4.69, 9.17) is 14.5 Å². The quantitative estimate of drug-likeness (QED) is 0.240. The number of guanidine groups is 1. The van der Waals surface area contributed by atoms with Gasteiger partial charge in [0, 0.05) is 43.4 Å². The van der Waals surface area contributed by atoms with E-state index in [1.165, 1.54) is 5.69 Å². The van der Waals surface area contributed by atoms with Gasteiger partial charge in [-0.15, -0.1) is 10.2 Å². The Hall–Kier alpha value is -3.23. The fourth-order valence-corrected chi connectivity index (χ4v) is 3.44. The Balaban J connectivity index is 1.57. The number of H-pyrrole nitrogens is 1. The molecule has 3 aromatic rings. The molecule has 0 atom stereocenters. The zero-order valence-electron chi connectivity index (χ0n) is 19.8. The molecule has 0 radical (unpaired) electrons. The maximum Gasteiger partial charge on any atom is 0.191 e. The van der Waals surface area contributed by atoms with E-state index < -0.39 is 0 Å². The zero-order valence-corrected chi connectivity index (χ0v) is 19.8. The SMILES string of the molecule is CCCCNC(=NCc1nnc(C)n1C)NCCCc1cc2c(OC)cc(OC)cc2[nH]1. The average molecular weight is 442 g/mol. The summed E-state index contributed by atoms with van der Waals surface area (Å²) < 4.78 is 12.8. The number of fused-ring (bicyclic) bond motifs is 1. The van der Waals surface area contributed by atoms with Gasteiger partial charge in [0.1, 0.15) is 23.9 Å².